The maximum atomic E-state index is 12.0. The van der Waals surface area contributed by atoms with Crippen LogP contribution in [0.4, 0.5) is 0 Å². The molecule has 0 unspecified atom stereocenters. The molecule has 2 aromatic rings. The van der Waals surface area contributed by atoms with Gasteiger partial charge in [-0.1, -0.05) is 0 Å². The van der Waals surface area contributed by atoms with Gasteiger partial charge in [-0.3, -0.25) is 23.5 Å². The molecule has 0 bridgehead atoms. The number of nitrogens with zero attached hydrogens (tertiary/aromatic N) is 5. The summed E-state index contributed by atoms with van der Waals surface area (Å²) in [6.45, 7) is 3.40. The maximum absolute atomic E-state index is 12.0. The fourth-order valence-electron chi connectivity index (χ4n) is 2.81. The summed E-state index contributed by atoms with van der Waals surface area (Å²) in [5, 5.41) is 4.20. The Labute approximate surface area is 133 Å². The average Bonchev–Trinajstić information content (AvgIpc) is 3.04. The number of hydrogen-bond donors (Lipinski definition) is 0. The zero-order valence-electron chi connectivity index (χ0n) is 13.4. The molecule has 0 saturated carbocycles. The second kappa shape index (κ2) is 6.51. The van der Waals surface area contributed by atoms with E-state index in [1.165, 1.54) is 17.7 Å². The van der Waals surface area contributed by atoms with Gasteiger partial charge in [0.15, 0.2) is 0 Å². The summed E-state index contributed by atoms with van der Waals surface area (Å²) in [5.74, 6) is 0. The Kier molecular flexibility index (Phi) is 4.44. The van der Waals surface area contributed by atoms with E-state index in [-0.39, 0.29) is 17.4 Å². The van der Waals surface area contributed by atoms with Crippen molar-refractivity contribution in [2.24, 2.45) is 14.1 Å². The molecule has 8 heteroatoms. The zero-order chi connectivity index (χ0) is 16.4. The minimum Gasteiger partial charge on any atom is -0.374 e. The van der Waals surface area contributed by atoms with Crippen molar-refractivity contribution < 1.29 is 4.74 Å². The molecule has 1 aliphatic rings. The molecule has 0 spiro atoms. The van der Waals surface area contributed by atoms with Crippen LogP contribution < -0.4 is 11.2 Å². The van der Waals surface area contributed by atoms with Crippen LogP contribution in [0.1, 0.15) is 5.69 Å². The molecular formula is C15H21N5O3. The van der Waals surface area contributed by atoms with Gasteiger partial charge in [-0.25, -0.2) is 4.79 Å². The molecule has 3 heterocycles. The minimum atomic E-state index is -0.297. The molecule has 1 fully saturated rings. The van der Waals surface area contributed by atoms with E-state index in [9.17, 15) is 9.59 Å². The first-order valence-corrected chi connectivity index (χ1v) is 7.62. The van der Waals surface area contributed by atoms with Gasteiger partial charge >= 0.3 is 5.69 Å². The highest BCUT2D eigenvalue weighted by Gasteiger charge is 2.22. The van der Waals surface area contributed by atoms with Crippen LogP contribution in [0.2, 0.25) is 0 Å². The van der Waals surface area contributed by atoms with Gasteiger partial charge in [0.1, 0.15) is 0 Å². The van der Waals surface area contributed by atoms with E-state index in [2.05, 4.69) is 10.00 Å². The molecule has 1 saturated heterocycles. The Morgan fingerprint density at radius 2 is 2.13 bits per heavy atom. The Balaban J connectivity index is 1.71. The van der Waals surface area contributed by atoms with E-state index in [1.807, 2.05) is 16.9 Å². The monoisotopic (exact) mass is 319 g/mol. The lowest BCUT2D eigenvalue weighted by Crippen LogP contribution is -2.45. The predicted octanol–water partition coefficient (Wildman–Crippen LogP) is -0.818. The van der Waals surface area contributed by atoms with E-state index < -0.39 is 0 Å². The molecule has 0 amide bonds. The van der Waals surface area contributed by atoms with Gasteiger partial charge in [-0.15, -0.1) is 0 Å². The fourth-order valence-corrected chi connectivity index (χ4v) is 2.81. The molecule has 3 rings (SSSR count). The lowest BCUT2D eigenvalue weighted by atomic mass is 10.2. The number of morpholine rings is 1. The van der Waals surface area contributed by atoms with Gasteiger partial charge < -0.3 is 4.74 Å². The third-order valence-electron chi connectivity index (χ3n) is 4.18. The molecule has 124 valence electrons. The van der Waals surface area contributed by atoms with E-state index in [1.54, 1.807) is 13.2 Å². The van der Waals surface area contributed by atoms with E-state index in [0.29, 0.717) is 19.7 Å². The standard InChI is InChI=1S/C15H21N5O3/c1-17-12(8-14(21)18(2)15(17)22)9-19-6-7-23-13(10-19)11-20-5-3-4-16-20/h3-5,8,13H,6-7,9-11H2,1-2H3/t13-/m0/s1. The predicted molar refractivity (Wildman–Crippen MR) is 84.2 cm³/mol. The van der Waals surface area contributed by atoms with Crippen LogP contribution >= 0.6 is 0 Å². The Morgan fingerprint density at radius 1 is 1.30 bits per heavy atom. The smallest absolute Gasteiger partial charge is 0.330 e. The second-order valence-corrected chi connectivity index (χ2v) is 5.83. The van der Waals surface area contributed by atoms with Gasteiger partial charge in [0, 0.05) is 57.9 Å². The van der Waals surface area contributed by atoms with Gasteiger partial charge in [-0.2, -0.15) is 5.10 Å². The normalized spacial score (nSPS) is 19.1. The van der Waals surface area contributed by atoms with E-state index in [0.717, 1.165) is 23.4 Å². The van der Waals surface area contributed by atoms with Crippen LogP contribution in [-0.4, -0.2) is 49.6 Å². The molecule has 0 N–H and O–H groups in total. The molecule has 2 aromatic heterocycles. The SMILES string of the molecule is Cn1c(CN2CCO[C@H](Cn3cccn3)C2)cc(=O)n(C)c1=O. The summed E-state index contributed by atoms with van der Waals surface area (Å²) in [5.41, 5.74) is 0.149. The summed E-state index contributed by atoms with van der Waals surface area (Å²) in [6.07, 6.45) is 3.70. The van der Waals surface area contributed by atoms with Crippen molar-refractivity contribution in [1.82, 2.24) is 23.8 Å². The molecular weight excluding hydrogens is 298 g/mol. The van der Waals surface area contributed by atoms with Crippen molar-refractivity contribution in [3.8, 4) is 0 Å². The molecule has 23 heavy (non-hydrogen) atoms. The first kappa shape index (κ1) is 15.7. The number of rotatable bonds is 4. The second-order valence-electron chi connectivity index (χ2n) is 5.83. The Morgan fingerprint density at radius 3 is 2.87 bits per heavy atom. The summed E-state index contributed by atoms with van der Waals surface area (Å²) in [7, 11) is 3.18. The van der Waals surface area contributed by atoms with Crippen molar-refractivity contribution in [1.29, 1.82) is 0 Å². The van der Waals surface area contributed by atoms with Crippen LogP contribution in [0, 0.1) is 0 Å². The van der Waals surface area contributed by atoms with Gasteiger partial charge in [0.2, 0.25) is 0 Å². The van der Waals surface area contributed by atoms with Gasteiger partial charge in [-0.05, 0) is 6.07 Å². The average molecular weight is 319 g/mol. The van der Waals surface area contributed by atoms with E-state index >= 15 is 0 Å². The van der Waals surface area contributed by atoms with Crippen LogP contribution in [0.5, 0.6) is 0 Å². The van der Waals surface area contributed by atoms with Crippen LogP contribution in [0.15, 0.2) is 34.1 Å². The third-order valence-corrected chi connectivity index (χ3v) is 4.18. The Hall–Kier alpha value is -2.19. The first-order valence-electron chi connectivity index (χ1n) is 7.62. The van der Waals surface area contributed by atoms with E-state index in [4.69, 9.17) is 4.74 Å². The third kappa shape index (κ3) is 3.43. The molecule has 0 radical (unpaired) electrons. The lowest BCUT2D eigenvalue weighted by molar-refractivity contribution is -0.0408. The highest BCUT2D eigenvalue weighted by atomic mass is 16.5. The van der Waals surface area contributed by atoms with Crippen molar-refractivity contribution in [2.75, 3.05) is 19.7 Å². The minimum absolute atomic E-state index is 0.0484. The summed E-state index contributed by atoms with van der Waals surface area (Å²) >= 11 is 0. The number of aromatic nitrogens is 4. The number of ether oxygens (including phenoxy) is 1. The molecule has 8 nitrogen and oxygen atoms in total. The van der Waals surface area contributed by atoms with Gasteiger partial charge in [0.25, 0.3) is 5.56 Å². The quantitative estimate of drug-likeness (QED) is 0.736. The van der Waals surface area contributed by atoms with Crippen molar-refractivity contribution in [3.05, 3.63) is 51.1 Å². The summed E-state index contributed by atoms with van der Waals surface area (Å²) in [6, 6.07) is 3.41. The maximum Gasteiger partial charge on any atom is 0.330 e. The Bertz CT molecular complexity index is 777. The highest BCUT2D eigenvalue weighted by molar-refractivity contribution is 5.02. The topological polar surface area (TPSA) is 74.3 Å². The fraction of sp³-hybridized carbons (Fsp3) is 0.533. The molecule has 1 atom stereocenters. The molecule has 0 aliphatic carbocycles. The van der Waals surface area contributed by atoms with Crippen LogP contribution in [-0.2, 0) is 31.9 Å². The van der Waals surface area contributed by atoms with Crippen LogP contribution in [0.3, 0.4) is 0 Å². The lowest BCUT2D eigenvalue weighted by Gasteiger charge is -2.33. The van der Waals surface area contributed by atoms with Gasteiger partial charge in [0.05, 0.1) is 19.3 Å². The van der Waals surface area contributed by atoms with Crippen molar-refractivity contribution in [3.63, 3.8) is 0 Å². The highest BCUT2D eigenvalue weighted by Crippen LogP contribution is 2.10. The molecule has 1 aliphatic heterocycles. The van der Waals surface area contributed by atoms with Crippen molar-refractivity contribution in [2.45, 2.75) is 19.2 Å². The zero-order valence-corrected chi connectivity index (χ0v) is 13.4. The van der Waals surface area contributed by atoms with Crippen LogP contribution in [0.25, 0.3) is 0 Å². The summed E-state index contributed by atoms with van der Waals surface area (Å²) < 4.78 is 10.3. The van der Waals surface area contributed by atoms with Crippen molar-refractivity contribution >= 4 is 0 Å². The number of hydrogen-bond acceptors (Lipinski definition) is 5. The summed E-state index contributed by atoms with van der Waals surface area (Å²) in [4.78, 5) is 26.0. The molecule has 0 aromatic carbocycles. The largest absolute Gasteiger partial charge is 0.374 e. The first-order chi connectivity index (χ1) is 11.0.